The van der Waals surface area contributed by atoms with Crippen LogP contribution in [0.4, 0.5) is 0 Å². The minimum Gasteiger partial charge on any atom is -0.508 e. The van der Waals surface area contributed by atoms with Gasteiger partial charge in [0.05, 0.1) is 10.9 Å². The third-order valence-corrected chi connectivity index (χ3v) is 4.18. The van der Waals surface area contributed by atoms with Crippen molar-refractivity contribution >= 4 is 16.9 Å². The van der Waals surface area contributed by atoms with Crippen LogP contribution in [0.15, 0.2) is 40.9 Å². The van der Waals surface area contributed by atoms with Gasteiger partial charge in [-0.15, -0.1) is 0 Å². The summed E-state index contributed by atoms with van der Waals surface area (Å²) in [5.74, 6) is 0.678. The van der Waals surface area contributed by atoms with E-state index in [9.17, 15) is 9.90 Å². The van der Waals surface area contributed by atoms with Gasteiger partial charge in [-0.25, -0.2) is 4.98 Å². The number of nitrogens with zero attached hydrogens (tertiary/aromatic N) is 1. The Morgan fingerprint density at radius 3 is 2.86 bits per heavy atom. The topological polar surface area (TPSA) is 63.3 Å². The van der Waals surface area contributed by atoms with E-state index in [4.69, 9.17) is 4.42 Å². The van der Waals surface area contributed by atoms with Gasteiger partial charge >= 0.3 is 0 Å². The average Bonchev–Trinajstić information content (AvgIpc) is 2.86. The molecule has 2 heterocycles. The Morgan fingerprint density at radius 1 is 1.24 bits per heavy atom. The molecule has 0 fully saturated rings. The molecule has 21 heavy (non-hydrogen) atoms. The lowest BCUT2D eigenvalue weighted by molar-refractivity contribution is 0.102. The molecule has 0 atom stereocenters. The molecule has 0 radical (unpaired) electrons. The Balaban J connectivity index is 2.14. The minimum absolute atomic E-state index is 0.0777. The fraction of sp³-hybridized carbons (Fsp3) is 0.176. The van der Waals surface area contributed by atoms with E-state index in [2.05, 4.69) is 4.98 Å². The lowest BCUT2D eigenvalue weighted by atomic mass is 9.72. The summed E-state index contributed by atoms with van der Waals surface area (Å²) >= 11 is 0. The van der Waals surface area contributed by atoms with Gasteiger partial charge in [0, 0.05) is 17.2 Å². The highest BCUT2D eigenvalue weighted by molar-refractivity contribution is 6.19. The molecule has 0 saturated carbocycles. The summed E-state index contributed by atoms with van der Waals surface area (Å²) < 4.78 is 5.86. The third kappa shape index (κ3) is 1.44. The largest absolute Gasteiger partial charge is 0.508 e. The van der Waals surface area contributed by atoms with Crippen LogP contribution in [0.25, 0.3) is 11.1 Å². The molecular weight excluding hydrogens is 266 g/mol. The van der Waals surface area contributed by atoms with Gasteiger partial charge in [0.2, 0.25) is 5.71 Å². The Labute approximate surface area is 121 Å². The normalized spacial score (nSPS) is 15.8. The molecular formula is C17H13NO3. The molecule has 4 nitrogen and oxygen atoms in total. The number of phenols is 1. The zero-order valence-corrected chi connectivity index (χ0v) is 11.7. The number of furan rings is 1. The van der Waals surface area contributed by atoms with Gasteiger partial charge in [-0.05, 0) is 49.7 Å². The van der Waals surface area contributed by atoms with Gasteiger partial charge in [-0.1, -0.05) is 0 Å². The third-order valence-electron chi connectivity index (χ3n) is 4.18. The second-order valence-electron chi connectivity index (χ2n) is 5.85. The maximum absolute atomic E-state index is 12.8. The van der Waals surface area contributed by atoms with Crippen LogP contribution >= 0.6 is 0 Å². The van der Waals surface area contributed by atoms with Crippen molar-refractivity contribution in [1.29, 1.82) is 0 Å². The zero-order valence-electron chi connectivity index (χ0n) is 11.7. The number of carbonyl (C=O) groups excluding carboxylic acids is 1. The van der Waals surface area contributed by atoms with E-state index in [1.54, 1.807) is 30.5 Å². The number of benzene rings is 1. The lowest BCUT2D eigenvalue weighted by Gasteiger charge is -2.30. The predicted molar refractivity (Wildman–Crippen MR) is 77.7 cm³/mol. The monoisotopic (exact) mass is 279 g/mol. The molecule has 0 amide bonds. The van der Waals surface area contributed by atoms with E-state index >= 15 is 0 Å². The van der Waals surface area contributed by atoms with Gasteiger partial charge in [-0.3, -0.25) is 4.79 Å². The molecule has 4 rings (SSSR count). The molecule has 2 aromatic heterocycles. The van der Waals surface area contributed by atoms with Gasteiger partial charge in [0.25, 0.3) is 0 Å². The van der Waals surface area contributed by atoms with Crippen LogP contribution in [0.1, 0.15) is 41.1 Å². The number of phenolic OH excluding ortho intramolecular Hbond substituents is 1. The first kappa shape index (κ1) is 12.1. The highest BCUT2D eigenvalue weighted by atomic mass is 16.3. The summed E-state index contributed by atoms with van der Waals surface area (Å²) in [4.78, 5) is 17.0. The van der Waals surface area contributed by atoms with Crippen molar-refractivity contribution in [3.05, 3.63) is 59.0 Å². The van der Waals surface area contributed by atoms with Crippen molar-refractivity contribution in [2.45, 2.75) is 19.3 Å². The number of carbonyl (C=O) groups is 1. The number of pyridine rings is 1. The predicted octanol–water partition coefficient (Wildman–Crippen LogP) is 3.40. The van der Waals surface area contributed by atoms with Crippen LogP contribution in [0.2, 0.25) is 0 Å². The SMILES string of the molecule is CC1(C)c2cc(O)ccc2C(=O)c2c1oc1ncccc21. The van der Waals surface area contributed by atoms with Crippen LogP contribution in [0, 0.1) is 0 Å². The standard InChI is InChI=1S/C17H13NO3/c1-17(2)12-8-9(19)5-6-10(12)14(20)13-11-4-3-7-18-16(11)21-15(13)17/h3-8,19H,1-2H3. The molecule has 0 aliphatic heterocycles. The van der Waals surface area contributed by atoms with Crippen molar-refractivity contribution in [2.24, 2.45) is 0 Å². The molecule has 0 saturated heterocycles. The fourth-order valence-electron chi connectivity index (χ4n) is 3.10. The highest BCUT2D eigenvalue weighted by Gasteiger charge is 2.41. The van der Waals surface area contributed by atoms with Crippen molar-refractivity contribution in [3.8, 4) is 5.75 Å². The van der Waals surface area contributed by atoms with Gasteiger partial charge in [-0.2, -0.15) is 0 Å². The minimum atomic E-state index is -0.502. The molecule has 0 bridgehead atoms. The van der Waals surface area contributed by atoms with Gasteiger partial charge in [0.1, 0.15) is 11.5 Å². The molecule has 3 aromatic rings. The fourth-order valence-corrected chi connectivity index (χ4v) is 3.10. The smallest absolute Gasteiger partial charge is 0.226 e. The first-order chi connectivity index (χ1) is 10.00. The van der Waals surface area contributed by atoms with Gasteiger partial charge in [0.15, 0.2) is 5.78 Å². The van der Waals surface area contributed by atoms with Crippen molar-refractivity contribution in [2.75, 3.05) is 0 Å². The number of hydrogen-bond acceptors (Lipinski definition) is 4. The second-order valence-corrected chi connectivity index (χ2v) is 5.85. The number of rotatable bonds is 0. The first-order valence-electron chi connectivity index (χ1n) is 6.76. The quantitative estimate of drug-likeness (QED) is 0.685. The van der Waals surface area contributed by atoms with E-state index in [1.807, 2.05) is 19.9 Å². The Hall–Kier alpha value is -2.62. The summed E-state index contributed by atoms with van der Waals surface area (Å²) in [6, 6.07) is 8.50. The van der Waals surface area contributed by atoms with E-state index in [1.165, 1.54) is 0 Å². The maximum Gasteiger partial charge on any atom is 0.226 e. The van der Waals surface area contributed by atoms with Crippen molar-refractivity contribution < 1.29 is 14.3 Å². The van der Waals surface area contributed by atoms with Crippen molar-refractivity contribution in [3.63, 3.8) is 0 Å². The number of hydrogen-bond donors (Lipinski definition) is 1. The van der Waals surface area contributed by atoms with Crippen LogP contribution < -0.4 is 0 Å². The lowest BCUT2D eigenvalue weighted by Crippen LogP contribution is -2.29. The summed E-state index contributed by atoms with van der Waals surface area (Å²) in [5.41, 5.74) is 1.94. The van der Waals surface area contributed by atoms with Crippen LogP contribution in [-0.4, -0.2) is 15.9 Å². The van der Waals surface area contributed by atoms with E-state index in [-0.39, 0.29) is 11.5 Å². The maximum atomic E-state index is 12.8. The van der Waals surface area contributed by atoms with E-state index < -0.39 is 5.41 Å². The molecule has 4 heteroatoms. The highest BCUT2D eigenvalue weighted by Crippen LogP contribution is 2.45. The molecule has 1 aliphatic rings. The number of fused-ring (bicyclic) bond motifs is 4. The van der Waals surface area contributed by atoms with Crippen LogP contribution in [-0.2, 0) is 5.41 Å². The van der Waals surface area contributed by atoms with Gasteiger partial charge < -0.3 is 9.52 Å². The Bertz CT molecular complexity index is 906. The zero-order chi connectivity index (χ0) is 14.8. The molecule has 0 unspecified atom stereocenters. The molecule has 1 N–H and O–H groups in total. The Kier molecular flexibility index (Phi) is 2.15. The first-order valence-corrected chi connectivity index (χ1v) is 6.76. The molecule has 1 aliphatic carbocycles. The van der Waals surface area contributed by atoms with E-state index in [0.29, 0.717) is 22.6 Å². The van der Waals surface area contributed by atoms with Crippen LogP contribution in [0.3, 0.4) is 0 Å². The van der Waals surface area contributed by atoms with Crippen molar-refractivity contribution in [1.82, 2.24) is 4.98 Å². The second kappa shape index (κ2) is 3.73. The summed E-state index contributed by atoms with van der Waals surface area (Å²) in [7, 11) is 0. The molecule has 0 spiro atoms. The molecule has 1 aromatic carbocycles. The summed E-state index contributed by atoms with van der Waals surface area (Å²) in [6.45, 7) is 3.97. The Morgan fingerprint density at radius 2 is 2.05 bits per heavy atom. The summed E-state index contributed by atoms with van der Waals surface area (Å²) in [6.07, 6.45) is 1.65. The van der Waals surface area contributed by atoms with E-state index in [0.717, 1.165) is 10.9 Å². The molecule has 104 valence electrons. The average molecular weight is 279 g/mol. The number of ketones is 1. The number of aromatic nitrogens is 1. The summed E-state index contributed by atoms with van der Waals surface area (Å²) in [5, 5.41) is 10.5. The van der Waals surface area contributed by atoms with Crippen LogP contribution in [0.5, 0.6) is 5.75 Å². The number of aromatic hydroxyl groups is 1.